The second-order valence-corrected chi connectivity index (χ2v) is 11.2. The molecular weight excluding hydrogens is 512 g/mol. The minimum atomic E-state index is -0.235. The minimum absolute atomic E-state index is 0.0150. The molecule has 0 bridgehead atoms. The number of nitrogens with zero attached hydrogens (tertiary/aromatic N) is 2. The number of para-hydroxylation sites is 1. The van der Waals surface area contributed by atoms with Crippen molar-refractivity contribution in [3.63, 3.8) is 0 Å². The van der Waals surface area contributed by atoms with Crippen LogP contribution in [0.4, 0.5) is 5.82 Å². The summed E-state index contributed by atoms with van der Waals surface area (Å²) in [4.78, 5) is 34.5. The number of carbonyl (C=O) groups excluding carboxylic acids is 2. The summed E-state index contributed by atoms with van der Waals surface area (Å²) in [5, 5.41) is 4.13. The van der Waals surface area contributed by atoms with Crippen LogP contribution in [-0.2, 0) is 28.9 Å². The summed E-state index contributed by atoms with van der Waals surface area (Å²) >= 11 is 0. The van der Waals surface area contributed by atoms with E-state index in [1.165, 1.54) is 16.6 Å². The van der Waals surface area contributed by atoms with E-state index in [4.69, 9.17) is 11.5 Å². The number of likely N-dealkylation sites (tertiary alicyclic amines) is 1. The number of fused-ring (bicyclic) bond motifs is 1. The van der Waals surface area contributed by atoms with Crippen molar-refractivity contribution in [1.82, 2.24) is 20.2 Å². The Hall–Kier alpha value is -4.17. The topological polar surface area (TPSA) is 130 Å². The second-order valence-electron chi connectivity index (χ2n) is 11.2. The monoisotopic (exact) mass is 552 g/mol. The van der Waals surface area contributed by atoms with Crippen molar-refractivity contribution in [2.45, 2.75) is 51.5 Å². The number of H-pyrrole nitrogens is 1. The molecule has 0 radical (unpaired) electrons. The first-order valence-corrected chi connectivity index (χ1v) is 14.5. The van der Waals surface area contributed by atoms with Crippen LogP contribution in [0.15, 0.2) is 66.9 Å². The van der Waals surface area contributed by atoms with E-state index in [9.17, 15) is 9.59 Å². The molecule has 2 atom stereocenters. The van der Waals surface area contributed by atoms with Gasteiger partial charge in [-0.25, -0.2) is 4.98 Å². The Morgan fingerprint density at radius 2 is 1.88 bits per heavy atom. The zero-order valence-electron chi connectivity index (χ0n) is 23.7. The number of benzene rings is 2. The van der Waals surface area contributed by atoms with Crippen LogP contribution in [0.25, 0.3) is 22.0 Å². The molecule has 214 valence electrons. The number of hydrogen-bond donors (Lipinski definition) is 4. The maximum atomic E-state index is 13.3. The molecular formula is C33H40N6O2. The third-order valence-corrected chi connectivity index (χ3v) is 8.02. The van der Waals surface area contributed by atoms with E-state index in [1.807, 2.05) is 17.0 Å². The normalized spacial score (nSPS) is 16.0. The van der Waals surface area contributed by atoms with Crippen LogP contribution in [0.5, 0.6) is 0 Å². The number of rotatable bonds is 10. The van der Waals surface area contributed by atoms with Gasteiger partial charge in [-0.3, -0.25) is 9.59 Å². The summed E-state index contributed by atoms with van der Waals surface area (Å²) < 4.78 is 0. The van der Waals surface area contributed by atoms with Gasteiger partial charge in [0.05, 0.1) is 0 Å². The average Bonchev–Trinajstić information content (AvgIpc) is 3.30. The van der Waals surface area contributed by atoms with Crippen molar-refractivity contribution in [2.24, 2.45) is 11.7 Å². The summed E-state index contributed by atoms with van der Waals surface area (Å²) in [7, 11) is 0. The number of nitrogen functional groups attached to an aromatic ring is 1. The van der Waals surface area contributed by atoms with Gasteiger partial charge in [0.1, 0.15) is 5.82 Å². The molecule has 5 rings (SSSR count). The van der Waals surface area contributed by atoms with Crippen LogP contribution < -0.4 is 16.8 Å². The van der Waals surface area contributed by atoms with Gasteiger partial charge in [0.15, 0.2) is 0 Å². The Kier molecular flexibility index (Phi) is 8.99. The Morgan fingerprint density at radius 1 is 1.10 bits per heavy atom. The number of pyridine rings is 1. The summed E-state index contributed by atoms with van der Waals surface area (Å²) in [6, 6.07) is 20.1. The van der Waals surface area contributed by atoms with Gasteiger partial charge < -0.3 is 26.7 Å². The predicted octanol–water partition coefficient (Wildman–Crippen LogP) is 4.23. The molecule has 8 heteroatoms. The fourth-order valence-electron chi connectivity index (χ4n) is 5.96. The van der Waals surface area contributed by atoms with Crippen molar-refractivity contribution >= 4 is 28.5 Å². The smallest absolute Gasteiger partial charge is 0.224 e. The Labute approximate surface area is 241 Å². The van der Waals surface area contributed by atoms with E-state index in [2.05, 4.69) is 57.7 Å². The molecule has 0 aliphatic carbocycles. The molecule has 2 amide bonds. The summed E-state index contributed by atoms with van der Waals surface area (Å²) in [5.41, 5.74) is 18.9. The Morgan fingerprint density at radius 3 is 2.63 bits per heavy atom. The fourth-order valence-corrected chi connectivity index (χ4v) is 5.96. The molecule has 1 unspecified atom stereocenters. The van der Waals surface area contributed by atoms with Gasteiger partial charge in [0.25, 0.3) is 0 Å². The highest BCUT2D eigenvalue weighted by molar-refractivity contribution is 5.85. The first-order chi connectivity index (χ1) is 19.9. The van der Waals surface area contributed by atoms with Crippen LogP contribution in [0.3, 0.4) is 0 Å². The predicted molar refractivity (Wildman–Crippen MR) is 164 cm³/mol. The van der Waals surface area contributed by atoms with E-state index in [1.54, 1.807) is 19.2 Å². The lowest BCUT2D eigenvalue weighted by Crippen LogP contribution is -2.43. The van der Waals surface area contributed by atoms with Crippen LogP contribution in [0, 0.1) is 5.92 Å². The van der Waals surface area contributed by atoms with Crippen molar-refractivity contribution in [2.75, 3.05) is 25.4 Å². The van der Waals surface area contributed by atoms with Gasteiger partial charge in [-0.05, 0) is 72.9 Å². The van der Waals surface area contributed by atoms with Crippen molar-refractivity contribution in [3.8, 4) is 11.1 Å². The maximum absolute atomic E-state index is 13.3. The Bertz CT molecular complexity index is 1480. The summed E-state index contributed by atoms with van der Waals surface area (Å²) in [6.45, 7) is 3.69. The molecule has 1 saturated heterocycles. The van der Waals surface area contributed by atoms with E-state index < -0.39 is 0 Å². The number of piperidine rings is 1. The lowest BCUT2D eigenvalue weighted by Gasteiger charge is -2.33. The van der Waals surface area contributed by atoms with E-state index >= 15 is 0 Å². The third-order valence-electron chi connectivity index (χ3n) is 8.02. The number of aromatic amines is 1. The molecule has 2 aromatic heterocycles. The highest BCUT2D eigenvalue weighted by atomic mass is 16.2. The second kappa shape index (κ2) is 13.0. The molecule has 1 aliphatic heterocycles. The van der Waals surface area contributed by atoms with Crippen LogP contribution in [0.2, 0.25) is 0 Å². The summed E-state index contributed by atoms with van der Waals surface area (Å²) in [5.74, 6) is 1.00. The number of nitrogens with two attached hydrogens (primary N) is 2. The van der Waals surface area contributed by atoms with E-state index in [0.717, 1.165) is 61.0 Å². The van der Waals surface area contributed by atoms with Gasteiger partial charge in [-0.1, -0.05) is 42.5 Å². The van der Waals surface area contributed by atoms with E-state index in [-0.39, 0.29) is 17.9 Å². The highest BCUT2D eigenvalue weighted by Crippen LogP contribution is 2.28. The number of anilines is 1. The molecule has 41 heavy (non-hydrogen) atoms. The number of aromatic nitrogens is 2. The molecule has 1 aliphatic rings. The zero-order valence-corrected chi connectivity index (χ0v) is 23.7. The van der Waals surface area contributed by atoms with Gasteiger partial charge in [-0.15, -0.1) is 0 Å². The number of amides is 2. The van der Waals surface area contributed by atoms with Gasteiger partial charge in [0.2, 0.25) is 11.8 Å². The first-order valence-electron chi connectivity index (χ1n) is 14.5. The van der Waals surface area contributed by atoms with Crippen molar-refractivity contribution in [3.05, 3.63) is 83.7 Å². The molecule has 6 N–H and O–H groups in total. The fraction of sp³-hybridized carbons (Fsp3) is 0.364. The quantitative estimate of drug-likeness (QED) is 0.234. The van der Waals surface area contributed by atoms with Crippen molar-refractivity contribution in [1.29, 1.82) is 0 Å². The lowest BCUT2D eigenvalue weighted by molar-refractivity contribution is -0.133. The SMILES string of the molecule is CC(=O)NCCc1c(CC2CCCN(C(=O)C[C@H](N)Cc3ccc(-c4ccc(N)nc4)cc3)C2)[nH]c2ccccc12. The maximum Gasteiger partial charge on any atom is 0.224 e. The van der Waals surface area contributed by atoms with E-state index in [0.29, 0.717) is 31.1 Å². The molecule has 2 aromatic carbocycles. The molecule has 1 fully saturated rings. The highest BCUT2D eigenvalue weighted by Gasteiger charge is 2.26. The first kappa shape index (κ1) is 28.4. The third kappa shape index (κ3) is 7.32. The molecule has 8 nitrogen and oxygen atoms in total. The number of nitrogens with one attached hydrogen (secondary N) is 2. The van der Waals surface area contributed by atoms with Gasteiger partial charge in [-0.2, -0.15) is 0 Å². The Balaban J connectivity index is 1.17. The van der Waals surface area contributed by atoms with Gasteiger partial charge >= 0.3 is 0 Å². The number of carbonyl (C=O) groups is 2. The van der Waals surface area contributed by atoms with Crippen LogP contribution in [0.1, 0.15) is 43.0 Å². The number of hydrogen-bond acceptors (Lipinski definition) is 5. The van der Waals surface area contributed by atoms with Crippen LogP contribution >= 0.6 is 0 Å². The summed E-state index contributed by atoms with van der Waals surface area (Å²) in [6.07, 6.45) is 6.50. The molecule has 4 aromatic rings. The minimum Gasteiger partial charge on any atom is -0.384 e. The standard InChI is InChI=1S/C33H40N6O2/c1-22(40)36-15-14-29-28-6-2-3-7-30(28)38-31(29)18-24-5-4-16-39(21-24)33(41)19-27(34)17-23-8-10-25(11-9-23)26-12-13-32(35)37-20-26/h2-3,6-13,20,24,27,38H,4-5,14-19,21,34H2,1H3,(H2,35,37)(H,36,40)/t24?,27-/m1/s1. The lowest BCUT2D eigenvalue weighted by atomic mass is 9.91. The average molecular weight is 553 g/mol. The van der Waals surface area contributed by atoms with Crippen molar-refractivity contribution < 1.29 is 9.59 Å². The molecule has 3 heterocycles. The van der Waals surface area contributed by atoms with Gasteiger partial charge in [0, 0.05) is 67.4 Å². The van der Waals surface area contributed by atoms with Crippen LogP contribution in [-0.4, -0.2) is 52.4 Å². The molecule has 0 spiro atoms. The molecule has 0 saturated carbocycles. The zero-order chi connectivity index (χ0) is 28.8. The largest absolute Gasteiger partial charge is 0.384 e.